The minimum absolute atomic E-state index is 0.242. The van der Waals surface area contributed by atoms with E-state index < -0.39 is 5.60 Å². The third-order valence-corrected chi connectivity index (χ3v) is 8.93. The van der Waals surface area contributed by atoms with Crippen LogP contribution in [-0.4, -0.2) is 11.6 Å². The topological polar surface area (TPSA) is 26.3 Å². The van der Waals surface area contributed by atoms with E-state index in [2.05, 4.69) is 72.5 Å². The van der Waals surface area contributed by atoms with Crippen LogP contribution in [0.25, 0.3) is 0 Å². The molecule has 5 rings (SSSR count). The van der Waals surface area contributed by atoms with Gasteiger partial charge >= 0.3 is 5.97 Å². The van der Waals surface area contributed by atoms with E-state index >= 15 is 0 Å². The standard InChI is InChI=1S/C30H25O2S2/c31-29(32-30(20-7-8-21-30)22-19-25-10-9-23-33-25)24-15-17-28(18-16-24)34(26-11-3-1-4-12-26)27-13-5-2-6-14-27/h1-6,9-18,23H,7-8,20-21H2/q+1. The fourth-order valence-corrected chi connectivity index (χ4v) is 6.86. The van der Waals surface area contributed by atoms with Crippen LogP contribution >= 0.6 is 11.3 Å². The molecule has 4 heteroatoms. The fraction of sp³-hybridized carbons (Fsp3) is 0.167. The number of carbonyl (C=O) groups excluding carboxylic acids is 1. The van der Waals surface area contributed by atoms with Crippen LogP contribution in [0.3, 0.4) is 0 Å². The van der Waals surface area contributed by atoms with Gasteiger partial charge in [-0.2, -0.15) is 0 Å². The predicted molar refractivity (Wildman–Crippen MR) is 139 cm³/mol. The lowest BCUT2D eigenvalue weighted by Gasteiger charge is -2.23. The van der Waals surface area contributed by atoms with Crippen LogP contribution < -0.4 is 0 Å². The van der Waals surface area contributed by atoms with Crippen molar-refractivity contribution in [2.45, 2.75) is 46.0 Å². The summed E-state index contributed by atoms with van der Waals surface area (Å²) in [6.45, 7) is 0. The Bertz CT molecular complexity index is 1240. The molecule has 1 aliphatic carbocycles. The van der Waals surface area contributed by atoms with Gasteiger partial charge in [0.1, 0.15) is 0 Å². The molecule has 0 amide bonds. The molecule has 34 heavy (non-hydrogen) atoms. The van der Waals surface area contributed by atoms with Gasteiger partial charge in [-0.25, -0.2) is 4.79 Å². The van der Waals surface area contributed by atoms with Crippen molar-refractivity contribution in [2.24, 2.45) is 0 Å². The summed E-state index contributed by atoms with van der Waals surface area (Å²) in [6.07, 6.45) is 3.64. The SMILES string of the molecule is O=C(OC1(C#Cc2cccs2)CCCC1)c1ccc([S+](c2ccccc2)c2ccccc2)cc1. The molecular weight excluding hydrogens is 456 g/mol. The van der Waals surface area contributed by atoms with Gasteiger partial charge in [0.05, 0.1) is 21.3 Å². The van der Waals surface area contributed by atoms with Gasteiger partial charge in [-0.15, -0.1) is 11.3 Å². The highest BCUT2D eigenvalue weighted by atomic mass is 32.2. The monoisotopic (exact) mass is 481 g/mol. The Morgan fingerprint density at radius 1 is 0.765 bits per heavy atom. The van der Waals surface area contributed by atoms with Crippen LogP contribution in [-0.2, 0) is 15.6 Å². The third-order valence-electron chi connectivity index (χ3n) is 5.92. The number of ether oxygens (including phenoxy) is 1. The van der Waals surface area contributed by atoms with Crippen LogP contribution in [0.1, 0.15) is 40.9 Å². The van der Waals surface area contributed by atoms with Gasteiger partial charge in [-0.05, 0) is 91.6 Å². The van der Waals surface area contributed by atoms with Crippen LogP contribution in [0, 0.1) is 11.8 Å². The van der Waals surface area contributed by atoms with Crippen molar-refractivity contribution < 1.29 is 9.53 Å². The van der Waals surface area contributed by atoms with E-state index in [-0.39, 0.29) is 16.9 Å². The second kappa shape index (κ2) is 10.3. The summed E-state index contributed by atoms with van der Waals surface area (Å²) >= 11 is 1.61. The van der Waals surface area contributed by atoms with Gasteiger partial charge in [0.15, 0.2) is 20.3 Å². The first-order chi connectivity index (χ1) is 16.7. The first kappa shape index (κ1) is 22.5. The first-order valence-electron chi connectivity index (χ1n) is 11.5. The summed E-state index contributed by atoms with van der Waals surface area (Å²) in [5, 5.41) is 2.01. The van der Waals surface area contributed by atoms with Crippen molar-refractivity contribution in [3.8, 4) is 11.8 Å². The molecular formula is C30H25O2S2+. The zero-order chi connectivity index (χ0) is 23.2. The average molecular weight is 482 g/mol. The number of benzene rings is 3. The number of hydrogen-bond donors (Lipinski definition) is 0. The summed E-state index contributed by atoms with van der Waals surface area (Å²) < 4.78 is 6.05. The maximum absolute atomic E-state index is 13.1. The van der Waals surface area contributed by atoms with E-state index in [1.807, 2.05) is 41.8 Å². The van der Waals surface area contributed by atoms with Gasteiger partial charge in [0.25, 0.3) is 0 Å². The van der Waals surface area contributed by atoms with Crippen molar-refractivity contribution >= 4 is 28.2 Å². The van der Waals surface area contributed by atoms with E-state index in [9.17, 15) is 4.79 Å². The van der Waals surface area contributed by atoms with Gasteiger partial charge < -0.3 is 4.74 Å². The summed E-state index contributed by atoms with van der Waals surface area (Å²) in [5.41, 5.74) is -0.115. The maximum Gasteiger partial charge on any atom is 0.339 e. The van der Waals surface area contributed by atoms with Gasteiger partial charge in [-0.3, -0.25) is 0 Å². The molecule has 0 spiro atoms. The number of carbonyl (C=O) groups is 1. The summed E-state index contributed by atoms with van der Waals surface area (Å²) in [5.74, 6) is 6.21. The number of hydrogen-bond acceptors (Lipinski definition) is 3. The quantitative estimate of drug-likeness (QED) is 0.169. The van der Waals surface area contributed by atoms with Gasteiger partial charge in [-0.1, -0.05) is 48.4 Å². The number of esters is 1. The Balaban J connectivity index is 1.39. The van der Waals surface area contributed by atoms with Crippen LogP contribution in [0.2, 0.25) is 0 Å². The molecule has 1 saturated carbocycles. The molecule has 2 nitrogen and oxygen atoms in total. The maximum atomic E-state index is 13.1. The van der Waals surface area contributed by atoms with Crippen LogP contribution in [0.5, 0.6) is 0 Å². The molecule has 4 aromatic rings. The Kier molecular flexibility index (Phi) is 6.85. The minimum Gasteiger partial charge on any atom is -0.442 e. The normalized spacial score (nSPS) is 14.4. The van der Waals surface area contributed by atoms with Crippen molar-refractivity contribution in [3.05, 3.63) is 113 Å². The molecule has 1 aliphatic rings. The molecule has 0 aliphatic heterocycles. The Morgan fingerprint density at radius 2 is 1.35 bits per heavy atom. The summed E-state index contributed by atoms with van der Waals surface area (Å²) in [6, 6.07) is 32.9. The number of rotatable bonds is 5. The number of thiophene rings is 1. The molecule has 1 fully saturated rings. The van der Waals surface area contributed by atoms with Gasteiger partial charge in [0.2, 0.25) is 0 Å². The van der Waals surface area contributed by atoms with Crippen molar-refractivity contribution in [3.63, 3.8) is 0 Å². The fourth-order valence-electron chi connectivity index (χ4n) is 4.21. The Morgan fingerprint density at radius 3 is 1.91 bits per heavy atom. The van der Waals surface area contributed by atoms with Crippen molar-refractivity contribution in [2.75, 3.05) is 0 Å². The molecule has 168 valence electrons. The smallest absolute Gasteiger partial charge is 0.339 e. The Hall–Kier alpha value is -3.26. The molecule has 0 atom stereocenters. The molecule has 0 unspecified atom stereocenters. The second-order valence-electron chi connectivity index (χ2n) is 8.27. The second-order valence-corrected chi connectivity index (χ2v) is 11.2. The third kappa shape index (κ3) is 5.12. The highest BCUT2D eigenvalue weighted by Gasteiger charge is 2.37. The first-order valence-corrected chi connectivity index (χ1v) is 13.6. The average Bonchev–Trinajstić information content (AvgIpc) is 3.58. The Labute approximate surface area is 208 Å². The lowest BCUT2D eigenvalue weighted by atomic mass is 10.0. The van der Waals surface area contributed by atoms with E-state index in [0.29, 0.717) is 5.56 Å². The van der Waals surface area contributed by atoms with E-state index in [1.165, 1.54) is 14.7 Å². The van der Waals surface area contributed by atoms with Crippen molar-refractivity contribution in [1.82, 2.24) is 0 Å². The zero-order valence-corrected chi connectivity index (χ0v) is 20.4. The molecule has 0 radical (unpaired) electrons. The summed E-state index contributed by atoms with van der Waals surface area (Å²) in [7, 11) is -0.242. The molecule has 0 N–H and O–H groups in total. The highest BCUT2D eigenvalue weighted by molar-refractivity contribution is 7.97. The van der Waals surface area contributed by atoms with Crippen LogP contribution in [0.4, 0.5) is 0 Å². The van der Waals surface area contributed by atoms with Gasteiger partial charge in [0, 0.05) is 0 Å². The molecule has 1 heterocycles. The lowest BCUT2D eigenvalue weighted by molar-refractivity contribution is 0.0103. The zero-order valence-electron chi connectivity index (χ0n) is 18.8. The summed E-state index contributed by atoms with van der Waals surface area (Å²) in [4.78, 5) is 17.8. The lowest BCUT2D eigenvalue weighted by Crippen LogP contribution is -2.30. The van der Waals surface area contributed by atoms with E-state index in [0.717, 1.165) is 30.6 Å². The van der Waals surface area contributed by atoms with Crippen molar-refractivity contribution in [1.29, 1.82) is 0 Å². The molecule has 3 aromatic carbocycles. The largest absolute Gasteiger partial charge is 0.442 e. The molecule has 1 aromatic heterocycles. The minimum atomic E-state index is -0.682. The van der Waals surface area contributed by atoms with E-state index in [1.54, 1.807) is 11.3 Å². The highest BCUT2D eigenvalue weighted by Crippen LogP contribution is 2.35. The van der Waals surface area contributed by atoms with Crippen LogP contribution in [0.15, 0.2) is 117 Å². The van der Waals surface area contributed by atoms with E-state index in [4.69, 9.17) is 4.74 Å². The predicted octanol–water partition coefficient (Wildman–Crippen LogP) is 7.36. The molecule has 0 saturated heterocycles. The molecule has 0 bridgehead atoms.